The summed E-state index contributed by atoms with van der Waals surface area (Å²) in [5, 5.41) is 3.28. The Balaban J connectivity index is 2.58. The molecule has 3 N–H and O–H groups in total. The van der Waals surface area contributed by atoms with E-state index in [9.17, 15) is 4.79 Å². The number of nitrogens with one attached hydrogen (secondary N) is 1. The highest BCUT2D eigenvalue weighted by Gasteiger charge is 2.06. The molecule has 0 spiro atoms. The minimum atomic E-state index is -0.219. The van der Waals surface area contributed by atoms with Gasteiger partial charge in [0.2, 0.25) is 0 Å². The Hall–Kier alpha value is -1.71. The van der Waals surface area contributed by atoms with E-state index in [1.54, 1.807) is 6.92 Å². The van der Waals surface area contributed by atoms with Crippen molar-refractivity contribution in [3.63, 3.8) is 0 Å². The van der Waals surface area contributed by atoms with Gasteiger partial charge in [-0.1, -0.05) is 19.4 Å². The van der Waals surface area contributed by atoms with Gasteiger partial charge in [-0.05, 0) is 31.0 Å². The number of carbonyl (C=O) groups excluding carboxylic acids is 1. The first-order valence-corrected chi connectivity index (χ1v) is 6.45. The average Bonchev–Trinajstić information content (AvgIpc) is 2.32. The molecule has 0 aliphatic carbocycles. The van der Waals surface area contributed by atoms with E-state index in [0.29, 0.717) is 12.3 Å². The van der Waals surface area contributed by atoms with Crippen molar-refractivity contribution >= 4 is 17.3 Å². The van der Waals surface area contributed by atoms with E-state index < -0.39 is 0 Å². The molecule has 0 unspecified atom stereocenters. The van der Waals surface area contributed by atoms with Crippen molar-refractivity contribution in [3.05, 3.63) is 23.8 Å². The van der Waals surface area contributed by atoms with Crippen LogP contribution in [-0.2, 0) is 16.0 Å². The van der Waals surface area contributed by atoms with E-state index in [2.05, 4.69) is 12.2 Å². The smallest absolute Gasteiger partial charge is 0.310 e. The molecule has 1 aromatic rings. The highest BCUT2D eigenvalue weighted by atomic mass is 16.5. The van der Waals surface area contributed by atoms with Crippen LogP contribution in [-0.4, -0.2) is 19.1 Å². The zero-order valence-electron chi connectivity index (χ0n) is 11.2. The van der Waals surface area contributed by atoms with Gasteiger partial charge in [0, 0.05) is 6.54 Å². The van der Waals surface area contributed by atoms with Crippen LogP contribution in [0.1, 0.15) is 32.3 Å². The molecule has 0 heterocycles. The summed E-state index contributed by atoms with van der Waals surface area (Å²) in [7, 11) is 0. The molecule has 18 heavy (non-hydrogen) atoms. The maximum absolute atomic E-state index is 11.3. The van der Waals surface area contributed by atoms with Crippen LogP contribution in [0.4, 0.5) is 11.4 Å². The van der Waals surface area contributed by atoms with Crippen LogP contribution in [0.15, 0.2) is 18.2 Å². The molecule has 0 bridgehead atoms. The van der Waals surface area contributed by atoms with Crippen molar-refractivity contribution < 1.29 is 9.53 Å². The number of ether oxygens (including phenoxy) is 1. The van der Waals surface area contributed by atoms with Crippen LogP contribution >= 0.6 is 0 Å². The first-order valence-electron chi connectivity index (χ1n) is 6.45. The minimum absolute atomic E-state index is 0.219. The lowest BCUT2D eigenvalue weighted by atomic mass is 10.1. The van der Waals surface area contributed by atoms with Crippen LogP contribution in [0.2, 0.25) is 0 Å². The predicted molar refractivity (Wildman–Crippen MR) is 74.6 cm³/mol. The van der Waals surface area contributed by atoms with Gasteiger partial charge in [-0.3, -0.25) is 4.79 Å². The van der Waals surface area contributed by atoms with E-state index in [-0.39, 0.29) is 12.4 Å². The summed E-state index contributed by atoms with van der Waals surface area (Å²) in [5.41, 5.74) is 8.42. The maximum atomic E-state index is 11.3. The Bertz CT molecular complexity index is 391. The summed E-state index contributed by atoms with van der Waals surface area (Å²) in [6.45, 7) is 5.27. The number of hydrogen-bond acceptors (Lipinski definition) is 4. The summed E-state index contributed by atoms with van der Waals surface area (Å²) in [6, 6.07) is 5.65. The summed E-state index contributed by atoms with van der Waals surface area (Å²) in [4.78, 5) is 11.3. The number of anilines is 2. The van der Waals surface area contributed by atoms with Gasteiger partial charge in [0.15, 0.2) is 0 Å². The summed E-state index contributed by atoms with van der Waals surface area (Å²) >= 11 is 0. The Kier molecular flexibility index (Phi) is 6.05. The lowest BCUT2D eigenvalue weighted by Gasteiger charge is -2.10. The zero-order valence-corrected chi connectivity index (χ0v) is 11.2. The number of carbonyl (C=O) groups is 1. The van der Waals surface area contributed by atoms with Gasteiger partial charge in [-0.2, -0.15) is 0 Å². The molecule has 4 nitrogen and oxygen atoms in total. The molecule has 0 amide bonds. The van der Waals surface area contributed by atoms with Gasteiger partial charge in [0.25, 0.3) is 0 Å². The maximum Gasteiger partial charge on any atom is 0.310 e. The molecule has 0 aromatic heterocycles. The zero-order chi connectivity index (χ0) is 13.4. The second-order valence-electron chi connectivity index (χ2n) is 4.18. The minimum Gasteiger partial charge on any atom is -0.466 e. The first kappa shape index (κ1) is 14.4. The quantitative estimate of drug-likeness (QED) is 0.443. The molecule has 0 aliphatic rings. The van der Waals surface area contributed by atoms with Crippen LogP contribution < -0.4 is 11.1 Å². The highest BCUT2D eigenvalue weighted by molar-refractivity contribution is 5.75. The Morgan fingerprint density at radius 1 is 1.39 bits per heavy atom. The third kappa shape index (κ3) is 4.65. The molecule has 0 saturated heterocycles. The number of esters is 1. The van der Waals surface area contributed by atoms with E-state index in [1.165, 1.54) is 0 Å². The topological polar surface area (TPSA) is 64.3 Å². The van der Waals surface area contributed by atoms with Crippen molar-refractivity contribution in [1.82, 2.24) is 0 Å². The van der Waals surface area contributed by atoms with E-state index in [1.807, 2.05) is 18.2 Å². The van der Waals surface area contributed by atoms with Gasteiger partial charge in [-0.15, -0.1) is 0 Å². The third-order valence-electron chi connectivity index (χ3n) is 2.62. The van der Waals surface area contributed by atoms with Gasteiger partial charge in [-0.25, -0.2) is 0 Å². The SMILES string of the molecule is CCCCNc1ccc(CC(=O)OCC)cc1N. The lowest BCUT2D eigenvalue weighted by molar-refractivity contribution is -0.142. The molecule has 100 valence electrons. The van der Waals surface area contributed by atoms with Gasteiger partial charge < -0.3 is 15.8 Å². The fraction of sp³-hybridized carbons (Fsp3) is 0.500. The Labute approximate surface area is 109 Å². The summed E-state index contributed by atoms with van der Waals surface area (Å²) in [6.07, 6.45) is 2.53. The predicted octanol–water partition coefficient (Wildman–Crippen LogP) is 2.59. The second-order valence-corrected chi connectivity index (χ2v) is 4.18. The van der Waals surface area contributed by atoms with Crippen molar-refractivity contribution in [2.24, 2.45) is 0 Å². The van der Waals surface area contributed by atoms with Gasteiger partial charge in [0.1, 0.15) is 0 Å². The third-order valence-corrected chi connectivity index (χ3v) is 2.62. The molecule has 0 radical (unpaired) electrons. The first-order chi connectivity index (χ1) is 8.67. The molecular weight excluding hydrogens is 228 g/mol. The number of nitrogens with two attached hydrogens (primary N) is 1. The fourth-order valence-corrected chi connectivity index (χ4v) is 1.66. The van der Waals surface area contributed by atoms with Crippen molar-refractivity contribution in [1.29, 1.82) is 0 Å². The van der Waals surface area contributed by atoms with Crippen LogP contribution in [0.25, 0.3) is 0 Å². The Morgan fingerprint density at radius 3 is 2.78 bits per heavy atom. The van der Waals surface area contributed by atoms with E-state index in [0.717, 1.165) is 30.6 Å². The van der Waals surface area contributed by atoms with Crippen molar-refractivity contribution in [2.75, 3.05) is 24.2 Å². The average molecular weight is 250 g/mol. The number of rotatable bonds is 7. The molecule has 0 aliphatic heterocycles. The van der Waals surface area contributed by atoms with Gasteiger partial charge >= 0.3 is 5.97 Å². The molecule has 0 fully saturated rings. The van der Waals surface area contributed by atoms with E-state index in [4.69, 9.17) is 10.5 Å². The second kappa shape index (κ2) is 7.58. The normalized spacial score (nSPS) is 10.1. The number of benzene rings is 1. The molecular formula is C14H22N2O2. The molecule has 0 saturated carbocycles. The number of hydrogen-bond donors (Lipinski definition) is 2. The summed E-state index contributed by atoms with van der Waals surface area (Å²) < 4.78 is 4.90. The number of nitrogen functional groups attached to an aromatic ring is 1. The van der Waals surface area contributed by atoms with E-state index >= 15 is 0 Å². The van der Waals surface area contributed by atoms with Gasteiger partial charge in [0.05, 0.1) is 24.4 Å². The summed E-state index contributed by atoms with van der Waals surface area (Å²) in [5.74, 6) is -0.219. The van der Waals surface area contributed by atoms with Crippen LogP contribution in [0.5, 0.6) is 0 Å². The number of unbranched alkanes of at least 4 members (excludes halogenated alkanes) is 1. The molecule has 4 heteroatoms. The fourth-order valence-electron chi connectivity index (χ4n) is 1.66. The molecule has 0 atom stereocenters. The van der Waals surface area contributed by atoms with Crippen LogP contribution in [0, 0.1) is 0 Å². The molecule has 1 aromatic carbocycles. The van der Waals surface area contributed by atoms with Crippen molar-refractivity contribution in [2.45, 2.75) is 33.1 Å². The standard InChI is InChI=1S/C14H22N2O2/c1-3-5-8-16-13-7-6-11(9-12(13)15)10-14(17)18-4-2/h6-7,9,16H,3-5,8,10,15H2,1-2H3. The Morgan fingerprint density at radius 2 is 2.17 bits per heavy atom. The lowest BCUT2D eigenvalue weighted by Crippen LogP contribution is -2.09. The molecule has 1 rings (SSSR count). The van der Waals surface area contributed by atoms with Crippen molar-refractivity contribution in [3.8, 4) is 0 Å². The largest absolute Gasteiger partial charge is 0.466 e. The highest BCUT2D eigenvalue weighted by Crippen LogP contribution is 2.20. The monoisotopic (exact) mass is 250 g/mol. The van der Waals surface area contributed by atoms with Crippen LogP contribution in [0.3, 0.4) is 0 Å².